The van der Waals surface area contributed by atoms with Gasteiger partial charge in [0.05, 0.1) is 6.54 Å². The Bertz CT molecular complexity index is 244. The van der Waals surface area contributed by atoms with Gasteiger partial charge in [0.1, 0.15) is 6.04 Å². The summed E-state index contributed by atoms with van der Waals surface area (Å²) < 4.78 is 0. The third-order valence-electron chi connectivity index (χ3n) is 1.46. The molecule has 14 heavy (non-hydrogen) atoms. The highest BCUT2D eigenvalue weighted by Crippen LogP contribution is 1.96. The molecule has 0 aromatic heterocycles. The lowest BCUT2D eigenvalue weighted by Crippen LogP contribution is -2.48. The summed E-state index contributed by atoms with van der Waals surface area (Å²) in [7, 11) is 1.41. The van der Waals surface area contributed by atoms with E-state index in [2.05, 4.69) is 23.3 Å². The highest BCUT2D eigenvalue weighted by atomic mass is 32.1. The minimum absolute atomic E-state index is 0.158. The van der Waals surface area contributed by atoms with Gasteiger partial charge in [-0.15, -0.1) is 12.6 Å². The van der Waals surface area contributed by atoms with Gasteiger partial charge in [0.25, 0.3) is 0 Å². The minimum atomic E-state index is -0.902. The second-order valence-corrected chi connectivity index (χ2v) is 3.04. The summed E-state index contributed by atoms with van der Waals surface area (Å²) in [6.45, 7) is -0.228. The third-order valence-corrected chi connectivity index (χ3v) is 1.64. The maximum absolute atomic E-state index is 11.1. The third kappa shape index (κ3) is 4.83. The van der Waals surface area contributed by atoms with Crippen LogP contribution in [0.4, 0.5) is 0 Å². The number of carbonyl (C=O) groups is 3. The Morgan fingerprint density at radius 2 is 2.00 bits per heavy atom. The van der Waals surface area contributed by atoms with Crippen molar-refractivity contribution in [1.29, 1.82) is 0 Å². The Balaban J connectivity index is 4.31. The molecule has 0 heterocycles. The van der Waals surface area contributed by atoms with E-state index in [9.17, 15) is 14.4 Å². The molecule has 1 atom stereocenters. The van der Waals surface area contributed by atoms with E-state index < -0.39 is 23.0 Å². The Kier molecular flexibility index (Phi) is 5.89. The van der Waals surface area contributed by atoms with Gasteiger partial charge in [0.15, 0.2) is 5.12 Å². The normalized spacial score (nSPS) is 11.6. The fraction of sp³-hybridized carbons (Fsp3) is 0.571. The summed E-state index contributed by atoms with van der Waals surface area (Å²) in [5.41, 5.74) is 5.04. The van der Waals surface area contributed by atoms with E-state index in [-0.39, 0.29) is 13.0 Å². The fourth-order valence-electron chi connectivity index (χ4n) is 0.811. The van der Waals surface area contributed by atoms with Crippen molar-refractivity contribution in [2.75, 3.05) is 13.6 Å². The van der Waals surface area contributed by atoms with Gasteiger partial charge in [0.2, 0.25) is 11.8 Å². The number of nitrogens with two attached hydrogens (primary N) is 1. The van der Waals surface area contributed by atoms with Gasteiger partial charge in [-0.25, -0.2) is 0 Å². The molecule has 0 aliphatic rings. The van der Waals surface area contributed by atoms with Gasteiger partial charge in [-0.1, -0.05) is 0 Å². The van der Waals surface area contributed by atoms with Crippen LogP contribution < -0.4 is 16.4 Å². The van der Waals surface area contributed by atoms with Crippen LogP contribution in [0.15, 0.2) is 0 Å². The molecule has 0 fully saturated rings. The molecule has 6 nitrogen and oxygen atoms in total. The molecule has 0 bridgehead atoms. The number of hydrogen-bond acceptors (Lipinski definition) is 4. The molecule has 0 spiro atoms. The molecule has 0 aliphatic carbocycles. The first-order valence-corrected chi connectivity index (χ1v) is 4.38. The van der Waals surface area contributed by atoms with Crippen LogP contribution in [0.5, 0.6) is 0 Å². The van der Waals surface area contributed by atoms with E-state index in [4.69, 9.17) is 5.73 Å². The van der Waals surface area contributed by atoms with Gasteiger partial charge < -0.3 is 16.4 Å². The van der Waals surface area contributed by atoms with Crippen LogP contribution in [-0.4, -0.2) is 36.6 Å². The standard InChI is InChI=1S/C7H13N3O3S/c1-9-7(13)4(2-6(12)14)10-5(11)3-8/h4H,2-3,8H2,1H3,(H,9,13)(H,10,11)(H,12,14). The molecule has 0 rings (SSSR count). The molecular formula is C7H13N3O3S. The van der Waals surface area contributed by atoms with Crippen LogP contribution >= 0.6 is 12.6 Å². The van der Waals surface area contributed by atoms with Gasteiger partial charge in [-0.05, 0) is 0 Å². The number of likely N-dealkylation sites (N-methyl/N-ethyl adjacent to an activating group) is 1. The molecule has 0 aliphatic heterocycles. The van der Waals surface area contributed by atoms with Gasteiger partial charge in [0, 0.05) is 13.5 Å². The Labute approximate surface area is 87.0 Å². The van der Waals surface area contributed by atoms with Gasteiger partial charge in [-0.2, -0.15) is 0 Å². The largest absolute Gasteiger partial charge is 0.357 e. The van der Waals surface area contributed by atoms with Crippen molar-refractivity contribution < 1.29 is 14.4 Å². The van der Waals surface area contributed by atoms with E-state index in [1.807, 2.05) is 0 Å². The van der Waals surface area contributed by atoms with Crippen molar-refractivity contribution in [2.45, 2.75) is 12.5 Å². The van der Waals surface area contributed by atoms with E-state index in [1.165, 1.54) is 7.05 Å². The summed E-state index contributed by atoms with van der Waals surface area (Å²) in [4.78, 5) is 32.7. The number of carbonyl (C=O) groups excluding carboxylic acids is 3. The molecule has 0 aromatic rings. The summed E-state index contributed by atoms with van der Waals surface area (Å²) in [6, 6.07) is -0.902. The number of nitrogens with one attached hydrogen (secondary N) is 2. The SMILES string of the molecule is CNC(=O)C(CC(=O)S)NC(=O)CN. The topological polar surface area (TPSA) is 101 Å². The number of rotatable bonds is 5. The Morgan fingerprint density at radius 3 is 2.36 bits per heavy atom. The maximum Gasteiger partial charge on any atom is 0.242 e. The molecule has 1 unspecified atom stereocenters. The first kappa shape index (κ1) is 12.9. The summed E-state index contributed by atoms with van der Waals surface area (Å²) in [5, 5.41) is 4.15. The number of thiol groups is 1. The van der Waals surface area contributed by atoms with Crippen molar-refractivity contribution in [1.82, 2.24) is 10.6 Å². The molecule has 7 heteroatoms. The molecule has 0 radical (unpaired) electrons. The summed E-state index contributed by atoms with van der Waals surface area (Å²) in [5.74, 6) is -0.942. The first-order valence-electron chi connectivity index (χ1n) is 3.94. The molecule has 0 aromatic carbocycles. The predicted molar refractivity (Wildman–Crippen MR) is 53.7 cm³/mol. The molecule has 80 valence electrons. The van der Waals surface area contributed by atoms with Gasteiger partial charge in [-0.3, -0.25) is 14.4 Å². The van der Waals surface area contributed by atoms with E-state index in [0.29, 0.717) is 0 Å². The molecule has 0 saturated carbocycles. The van der Waals surface area contributed by atoms with Crippen molar-refractivity contribution in [3.8, 4) is 0 Å². The van der Waals surface area contributed by atoms with Crippen molar-refractivity contribution in [2.24, 2.45) is 5.73 Å². The zero-order valence-corrected chi connectivity index (χ0v) is 8.64. The highest BCUT2D eigenvalue weighted by Gasteiger charge is 2.20. The molecule has 2 amide bonds. The Hall–Kier alpha value is -1.08. The van der Waals surface area contributed by atoms with Crippen LogP contribution in [-0.2, 0) is 14.4 Å². The van der Waals surface area contributed by atoms with Crippen LogP contribution in [0.1, 0.15) is 6.42 Å². The van der Waals surface area contributed by atoms with E-state index in [1.54, 1.807) is 0 Å². The van der Waals surface area contributed by atoms with Crippen molar-refractivity contribution >= 4 is 29.6 Å². The van der Waals surface area contributed by atoms with E-state index >= 15 is 0 Å². The van der Waals surface area contributed by atoms with Crippen molar-refractivity contribution in [3.63, 3.8) is 0 Å². The average Bonchev–Trinajstić information content (AvgIpc) is 2.14. The Morgan fingerprint density at radius 1 is 1.43 bits per heavy atom. The average molecular weight is 219 g/mol. The lowest BCUT2D eigenvalue weighted by Gasteiger charge is -2.14. The molecular weight excluding hydrogens is 206 g/mol. The first-order chi connectivity index (χ1) is 6.51. The maximum atomic E-state index is 11.1. The fourth-order valence-corrected chi connectivity index (χ4v) is 0.994. The lowest BCUT2D eigenvalue weighted by molar-refractivity contribution is -0.129. The smallest absolute Gasteiger partial charge is 0.242 e. The number of hydrogen-bond donors (Lipinski definition) is 4. The predicted octanol–water partition coefficient (Wildman–Crippen LogP) is -1.98. The summed E-state index contributed by atoms with van der Waals surface area (Å²) in [6.07, 6.45) is -0.158. The number of amides is 2. The second kappa shape index (κ2) is 6.39. The molecule has 0 saturated heterocycles. The molecule has 4 N–H and O–H groups in total. The van der Waals surface area contributed by atoms with Crippen LogP contribution in [0.2, 0.25) is 0 Å². The van der Waals surface area contributed by atoms with Crippen LogP contribution in [0, 0.1) is 0 Å². The summed E-state index contributed by atoms with van der Waals surface area (Å²) >= 11 is 3.52. The monoisotopic (exact) mass is 219 g/mol. The van der Waals surface area contributed by atoms with Crippen molar-refractivity contribution in [3.05, 3.63) is 0 Å². The van der Waals surface area contributed by atoms with E-state index in [0.717, 1.165) is 0 Å². The minimum Gasteiger partial charge on any atom is -0.357 e. The second-order valence-electron chi connectivity index (χ2n) is 2.54. The quantitative estimate of drug-likeness (QED) is 0.403. The van der Waals surface area contributed by atoms with Crippen LogP contribution in [0.3, 0.4) is 0 Å². The van der Waals surface area contributed by atoms with Gasteiger partial charge >= 0.3 is 0 Å². The zero-order valence-electron chi connectivity index (χ0n) is 7.74. The highest BCUT2D eigenvalue weighted by molar-refractivity contribution is 7.96. The zero-order chi connectivity index (χ0) is 11.1. The van der Waals surface area contributed by atoms with Crippen LogP contribution in [0.25, 0.3) is 0 Å². The lowest BCUT2D eigenvalue weighted by atomic mass is 10.2.